The number of urea groups is 1. The highest BCUT2D eigenvalue weighted by Crippen LogP contribution is 2.33. The third-order valence-electron chi connectivity index (χ3n) is 7.43. The van der Waals surface area contributed by atoms with Crippen molar-refractivity contribution in [3.8, 4) is 11.6 Å². The minimum atomic E-state index is -4.52. The summed E-state index contributed by atoms with van der Waals surface area (Å²) in [5.41, 5.74) is -0.692. The zero-order valence-corrected chi connectivity index (χ0v) is 24.2. The predicted molar refractivity (Wildman–Crippen MR) is 155 cm³/mol. The third kappa shape index (κ3) is 7.29. The van der Waals surface area contributed by atoms with Crippen LogP contribution >= 0.6 is 0 Å². The Morgan fingerprint density at radius 3 is 2.31 bits per heavy atom. The van der Waals surface area contributed by atoms with E-state index in [9.17, 15) is 22.8 Å². The van der Waals surface area contributed by atoms with Gasteiger partial charge in [-0.1, -0.05) is 26.8 Å². The Kier molecular flexibility index (Phi) is 8.93. The van der Waals surface area contributed by atoms with Crippen LogP contribution in [0.4, 0.5) is 35.2 Å². The van der Waals surface area contributed by atoms with Crippen LogP contribution in [0.25, 0.3) is 0 Å². The van der Waals surface area contributed by atoms with Crippen LogP contribution < -0.4 is 20.3 Å². The Morgan fingerprint density at radius 2 is 1.67 bits per heavy atom. The van der Waals surface area contributed by atoms with Crippen molar-refractivity contribution in [2.45, 2.75) is 53.3 Å². The van der Waals surface area contributed by atoms with Crippen LogP contribution in [0, 0.1) is 12.3 Å². The van der Waals surface area contributed by atoms with Crippen molar-refractivity contribution in [2.75, 3.05) is 35.2 Å². The van der Waals surface area contributed by atoms with E-state index in [1.165, 1.54) is 25.4 Å². The smallest absolute Gasteiger partial charge is 0.416 e. The Bertz CT molecular complexity index is 1430. The third-order valence-corrected chi connectivity index (χ3v) is 7.43. The molecule has 1 saturated heterocycles. The minimum Gasteiger partial charge on any atom is -0.439 e. The molecule has 3 aromatic rings. The van der Waals surface area contributed by atoms with Crippen molar-refractivity contribution in [1.82, 2.24) is 14.9 Å². The highest BCUT2D eigenvalue weighted by atomic mass is 19.4. The van der Waals surface area contributed by atoms with Gasteiger partial charge in [0.05, 0.1) is 5.56 Å². The van der Waals surface area contributed by atoms with Crippen molar-refractivity contribution in [2.24, 2.45) is 5.41 Å². The average molecular weight is 585 g/mol. The second-order valence-electron chi connectivity index (χ2n) is 11.0. The average Bonchev–Trinajstić information content (AvgIpc) is 2.94. The molecule has 1 atom stereocenters. The van der Waals surface area contributed by atoms with Gasteiger partial charge in [-0.2, -0.15) is 13.2 Å². The zero-order valence-electron chi connectivity index (χ0n) is 24.2. The number of benzene rings is 2. The molecule has 42 heavy (non-hydrogen) atoms. The Hall–Kier alpha value is -4.35. The number of aryl methyl sites for hydroxylation is 1. The van der Waals surface area contributed by atoms with Crippen molar-refractivity contribution in [1.29, 1.82) is 0 Å². The first-order valence-electron chi connectivity index (χ1n) is 13.7. The van der Waals surface area contributed by atoms with Crippen LogP contribution in [0.15, 0.2) is 54.9 Å². The van der Waals surface area contributed by atoms with Gasteiger partial charge in [-0.3, -0.25) is 4.79 Å². The summed E-state index contributed by atoms with van der Waals surface area (Å²) >= 11 is 0. The van der Waals surface area contributed by atoms with Gasteiger partial charge in [-0.25, -0.2) is 14.8 Å². The first kappa shape index (κ1) is 30.6. The van der Waals surface area contributed by atoms with Gasteiger partial charge >= 0.3 is 12.2 Å². The highest BCUT2D eigenvalue weighted by Gasteiger charge is 2.35. The van der Waals surface area contributed by atoms with Crippen LogP contribution in [-0.2, 0) is 11.0 Å². The summed E-state index contributed by atoms with van der Waals surface area (Å²) in [6, 6.07) is 11.2. The molecular weight excluding hydrogens is 549 g/mol. The van der Waals surface area contributed by atoms with Crippen LogP contribution in [0.2, 0.25) is 0 Å². The van der Waals surface area contributed by atoms with Crippen molar-refractivity contribution < 1.29 is 27.5 Å². The maximum absolute atomic E-state index is 13.2. The summed E-state index contributed by atoms with van der Waals surface area (Å²) in [5, 5.41) is 5.01. The molecule has 9 nitrogen and oxygen atoms in total. The lowest BCUT2D eigenvalue weighted by Crippen LogP contribution is -2.56. The van der Waals surface area contributed by atoms with Crippen LogP contribution in [0.3, 0.4) is 0 Å². The number of halogens is 3. The molecule has 2 aromatic carbocycles. The largest absolute Gasteiger partial charge is 0.439 e. The van der Waals surface area contributed by atoms with Crippen molar-refractivity contribution >= 4 is 29.1 Å². The first-order valence-corrected chi connectivity index (χ1v) is 13.7. The molecule has 1 aliphatic rings. The van der Waals surface area contributed by atoms with E-state index in [-0.39, 0.29) is 23.2 Å². The second kappa shape index (κ2) is 12.3. The topological polar surface area (TPSA) is 99.7 Å². The Labute approximate surface area is 243 Å². The molecule has 0 saturated carbocycles. The fourth-order valence-electron chi connectivity index (χ4n) is 4.63. The number of rotatable bonds is 7. The number of amides is 3. The maximum Gasteiger partial charge on any atom is 0.416 e. The molecule has 12 heteroatoms. The molecule has 1 aliphatic heterocycles. The van der Waals surface area contributed by atoms with E-state index < -0.39 is 23.2 Å². The zero-order chi connectivity index (χ0) is 30.7. The van der Waals surface area contributed by atoms with Gasteiger partial charge in [0.15, 0.2) is 0 Å². The summed E-state index contributed by atoms with van der Waals surface area (Å²) in [6.07, 6.45) is -2.32. The number of alkyl halides is 3. The van der Waals surface area contributed by atoms with Crippen LogP contribution in [-0.4, -0.2) is 52.5 Å². The van der Waals surface area contributed by atoms with Gasteiger partial charge in [0.2, 0.25) is 11.8 Å². The molecule has 2 heterocycles. The molecule has 0 radical (unpaired) electrons. The van der Waals surface area contributed by atoms with Crippen molar-refractivity contribution in [3.63, 3.8) is 0 Å². The van der Waals surface area contributed by atoms with Gasteiger partial charge < -0.3 is 25.2 Å². The van der Waals surface area contributed by atoms with Gasteiger partial charge in [0, 0.05) is 48.5 Å². The molecule has 2 N–H and O–H groups in total. The lowest BCUT2D eigenvalue weighted by atomic mass is 9.88. The molecule has 0 aliphatic carbocycles. The standard InChI is InChI=1S/C30H35F3N6O3/c1-6-29(4,5)27(40)38-13-14-39(20(3)17-38)25-16-26(35-18-34-25)42-23-11-9-21(10-12-23)36-28(41)37-22-8-7-19(2)24(15-22)30(31,32)33/h7-12,15-16,18,20H,6,13-14,17H2,1-5H3,(H2,36,37,41). The molecule has 4 rings (SSSR count). The van der Waals surface area contributed by atoms with E-state index >= 15 is 0 Å². The number of anilines is 3. The number of hydrogen-bond donors (Lipinski definition) is 2. The summed E-state index contributed by atoms with van der Waals surface area (Å²) in [7, 11) is 0. The number of carbonyl (C=O) groups excluding carboxylic acids is 2. The van der Waals surface area contributed by atoms with E-state index in [1.54, 1.807) is 30.3 Å². The monoisotopic (exact) mass is 584 g/mol. The lowest BCUT2D eigenvalue weighted by Gasteiger charge is -2.42. The summed E-state index contributed by atoms with van der Waals surface area (Å²) in [5.74, 6) is 1.64. The molecule has 0 bridgehead atoms. The van der Waals surface area contributed by atoms with Crippen LogP contribution in [0.5, 0.6) is 11.6 Å². The number of hydrogen-bond acceptors (Lipinski definition) is 6. The SMILES string of the molecule is CCC(C)(C)C(=O)N1CCN(c2cc(Oc3ccc(NC(=O)Nc4ccc(C)c(C(F)(F)F)c4)cc3)ncn2)C(C)C1. The molecule has 1 unspecified atom stereocenters. The number of carbonyl (C=O) groups is 2. The minimum absolute atomic E-state index is 0.0251. The fourth-order valence-corrected chi connectivity index (χ4v) is 4.63. The number of nitrogens with zero attached hydrogens (tertiary/aromatic N) is 4. The van der Waals surface area contributed by atoms with E-state index in [1.807, 2.05) is 25.7 Å². The quantitative estimate of drug-likeness (QED) is 0.320. The second-order valence-corrected chi connectivity index (χ2v) is 11.0. The summed E-state index contributed by atoms with van der Waals surface area (Å²) < 4.78 is 45.4. The maximum atomic E-state index is 13.2. The molecule has 1 fully saturated rings. The van der Waals surface area contributed by atoms with E-state index in [4.69, 9.17) is 4.74 Å². The summed E-state index contributed by atoms with van der Waals surface area (Å²) in [6.45, 7) is 11.2. The van der Waals surface area contributed by atoms with E-state index in [0.717, 1.165) is 12.5 Å². The summed E-state index contributed by atoms with van der Waals surface area (Å²) in [4.78, 5) is 37.9. The van der Waals surface area contributed by atoms with Crippen molar-refractivity contribution in [3.05, 3.63) is 66.0 Å². The normalized spacial score (nSPS) is 15.8. The van der Waals surface area contributed by atoms with E-state index in [0.29, 0.717) is 42.8 Å². The number of piperazine rings is 1. The molecule has 224 valence electrons. The Morgan fingerprint density at radius 1 is 1.00 bits per heavy atom. The van der Waals surface area contributed by atoms with Gasteiger partial charge in [-0.05, 0) is 62.2 Å². The highest BCUT2D eigenvalue weighted by molar-refractivity contribution is 5.99. The molecule has 3 amide bonds. The number of nitrogens with one attached hydrogen (secondary N) is 2. The van der Waals surface area contributed by atoms with E-state index in [2.05, 4.69) is 32.4 Å². The van der Waals surface area contributed by atoms with Crippen LogP contribution in [0.1, 0.15) is 45.2 Å². The lowest BCUT2D eigenvalue weighted by molar-refractivity contribution is -0.141. The molecule has 0 spiro atoms. The molecule has 1 aromatic heterocycles. The number of ether oxygens (including phenoxy) is 1. The number of aromatic nitrogens is 2. The van der Waals surface area contributed by atoms with Gasteiger partial charge in [0.25, 0.3) is 0 Å². The van der Waals surface area contributed by atoms with Gasteiger partial charge in [-0.15, -0.1) is 0 Å². The fraction of sp³-hybridized carbons (Fsp3) is 0.400. The van der Waals surface area contributed by atoms with Gasteiger partial charge in [0.1, 0.15) is 17.9 Å². The molecular formula is C30H35F3N6O3. The first-order chi connectivity index (χ1) is 19.8. The predicted octanol–water partition coefficient (Wildman–Crippen LogP) is 6.71. The Balaban J connectivity index is 1.35.